The molecule has 26 heavy (non-hydrogen) atoms. The summed E-state index contributed by atoms with van der Waals surface area (Å²) in [4.78, 5) is 11.7. The molecule has 0 bridgehead atoms. The lowest BCUT2D eigenvalue weighted by Gasteiger charge is -2.23. The Labute approximate surface area is 158 Å². The molecule has 2 aromatic carbocycles. The van der Waals surface area contributed by atoms with Crippen LogP contribution in [0.3, 0.4) is 0 Å². The first kappa shape index (κ1) is 19.8. The summed E-state index contributed by atoms with van der Waals surface area (Å²) in [6, 6.07) is 17.4. The second-order valence-corrected chi connectivity index (χ2v) is 7.69. The first-order valence-electron chi connectivity index (χ1n) is 8.30. The molecule has 0 saturated heterocycles. The fourth-order valence-electron chi connectivity index (χ4n) is 2.23. The van der Waals surface area contributed by atoms with Gasteiger partial charge >= 0.3 is 6.16 Å². The lowest BCUT2D eigenvalue weighted by Crippen LogP contribution is -2.11. The minimum Gasteiger partial charge on any atom is -0.489 e. The van der Waals surface area contributed by atoms with Gasteiger partial charge in [0.15, 0.2) is 0 Å². The Bertz CT molecular complexity index is 776. The average molecular weight is 367 g/mol. The quantitative estimate of drug-likeness (QED) is 0.402. The highest BCUT2D eigenvalue weighted by molar-refractivity contribution is 6.17. The molecule has 0 unspecified atom stereocenters. The summed E-state index contributed by atoms with van der Waals surface area (Å²) in [5, 5.41) is -0.357. The lowest BCUT2D eigenvalue weighted by molar-refractivity contribution is 0.111. The zero-order valence-electron chi connectivity index (χ0n) is 15.5. The van der Waals surface area contributed by atoms with Crippen molar-refractivity contribution in [2.45, 2.75) is 32.4 Å². The first-order chi connectivity index (χ1) is 12.3. The van der Waals surface area contributed by atoms with Gasteiger partial charge in [-0.1, -0.05) is 56.3 Å². The maximum Gasteiger partial charge on any atom is 0.513 e. The predicted octanol–water partition coefficient (Wildman–Crippen LogP) is 5.15. The molecule has 0 saturated carbocycles. The zero-order chi connectivity index (χ0) is 19.2. The van der Waals surface area contributed by atoms with Crippen molar-refractivity contribution in [3.8, 4) is 5.75 Å². The van der Waals surface area contributed by atoms with Gasteiger partial charge in [-0.15, -0.1) is 0 Å². The van der Waals surface area contributed by atoms with E-state index in [4.69, 9.17) is 9.47 Å². The van der Waals surface area contributed by atoms with Gasteiger partial charge in [-0.2, -0.15) is 0 Å². The summed E-state index contributed by atoms with van der Waals surface area (Å²) < 4.78 is 16.0. The highest BCUT2D eigenvalue weighted by Crippen LogP contribution is 2.37. The minimum absolute atomic E-state index is 0.357. The second-order valence-electron chi connectivity index (χ2n) is 6.44. The number of hydrogen-bond acceptors (Lipinski definition) is 4. The van der Waals surface area contributed by atoms with Crippen molar-refractivity contribution < 1.29 is 19.0 Å². The second kappa shape index (κ2) is 8.72. The van der Waals surface area contributed by atoms with Gasteiger partial charge in [0.2, 0.25) is 0 Å². The van der Waals surface area contributed by atoms with Crippen LogP contribution >= 0.6 is 0 Å². The fourth-order valence-corrected chi connectivity index (χ4v) is 2.34. The van der Waals surface area contributed by atoms with Gasteiger partial charge in [0.1, 0.15) is 18.1 Å². The molecular formula is C21H23O4Si. The molecule has 0 amide bonds. The minimum atomic E-state index is -0.758. The van der Waals surface area contributed by atoms with Gasteiger partial charge in [0.25, 0.3) is 0 Å². The van der Waals surface area contributed by atoms with Crippen molar-refractivity contribution in [1.29, 1.82) is 0 Å². The summed E-state index contributed by atoms with van der Waals surface area (Å²) in [6.45, 7) is 6.33. The summed E-state index contributed by atoms with van der Waals surface area (Å²) in [6.07, 6.45) is -0.758. The maximum absolute atomic E-state index is 11.7. The normalized spacial score (nSPS) is 12.2. The molecule has 2 rings (SSSR count). The van der Waals surface area contributed by atoms with Crippen LogP contribution in [0.2, 0.25) is 5.04 Å². The SMILES string of the molecule is COC(=O)OC(=C(C)C(C)(C)[Si])c1cccc(OCc2ccccc2)c1. The topological polar surface area (TPSA) is 44.8 Å². The Balaban J connectivity index is 2.30. The average Bonchev–Trinajstić information content (AvgIpc) is 2.64. The van der Waals surface area contributed by atoms with Crippen molar-refractivity contribution in [2.24, 2.45) is 0 Å². The molecule has 0 aliphatic rings. The number of benzene rings is 2. The molecule has 0 fully saturated rings. The monoisotopic (exact) mass is 367 g/mol. The van der Waals surface area contributed by atoms with Crippen molar-refractivity contribution in [2.75, 3.05) is 7.11 Å². The van der Waals surface area contributed by atoms with E-state index in [1.54, 1.807) is 0 Å². The van der Waals surface area contributed by atoms with Crippen LogP contribution in [-0.2, 0) is 16.1 Å². The molecule has 0 N–H and O–H groups in total. The van der Waals surface area contributed by atoms with Crippen LogP contribution in [0.15, 0.2) is 60.2 Å². The number of carbonyl (C=O) groups is 1. The molecule has 3 radical (unpaired) electrons. The highest BCUT2D eigenvalue weighted by atomic mass is 28.1. The Morgan fingerprint density at radius 2 is 1.77 bits per heavy atom. The van der Waals surface area contributed by atoms with E-state index < -0.39 is 6.16 Å². The van der Waals surface area contributed by atoms with E-state index in [-0.39, 0.29) is 5.04 Å². The summed E-state index contributed by atoms with van der Waals surface area (Å²) >= 11 is 0. The van der Waals surface area contributed by atoms with E-state index >= 15 is 0 Å². The highest BCUT2D eigenvalue weighted by Gasteiger charge is 2.22. The molecule has 5 heteroatoms. The molecule has 2 aromatic rings. The van der Waals surface area contributed by atoms with E-state index in [9.17, 15) is 4.79 Å². The van der Waals surface area contributed by atoms with E-state index in [0.717, 1.165) is 16.7 Å². The van der Waals surface area contributed by atoms with Crippen LogP contribution in [-0.4, -0.2) is 23.5 Å². The van der Waals surface area contributed by atoms with E-state index in [1.165, 1.54) is 7.11 Å². The molecule has 0 spiro atoms. The molecule has 0 aliphatic carbocycles. The lowest BCUT2D eigenvalue weighted by atomic mass is 9.99. The number of ether oxygens (including phenoxy) is 3. The summed E-state index contributed by atoms with van der Waals surface area (Å²) in [5.41, 5.74) is 2.68. The van der Waals surface area contributed by atoms with Crippen LogP contribution < -0.4 is 4.74 Å². The molecular weight excluding hydrogens is 344 g/mol. The van der Waals surface area contributed by atoms with E-state index in [1.807, 2.05) is 75.4 Å². The fraction of sp³-hybridized carbons (Fsp3) is 0.286. The smallest absolute Gasteiger partial charge is 0.489 e. The Morgan fingerprint density at radius 1 is 1.08 bits per heavy atom. The largest absolute Gasteiger partial charge is 0.513 e. The third kappa shape index (κ3) is 5.49. The number of carbonyl (C=O) groups excluding carboxylic acids is 1. The van der Waals surface area contributed by atoms with Crippen LogP contribution in [0.25, 0.3) is 5.76 Å². The molecule has 4 nitrogen and oxygen atoms in total. The van der Waals surface area contributed by atoms with Crippen LogP contribution in [0, 0.1) is 0 Å². The summed E-state index contributed by atoms with van der Waals surface area (Å²) in [5.74, 6) is 1.14. The number of hydrogen-bond donors (Lipinski definition) is 0. The van der Waals surface area contributed by atoms with Gasteiger partial charge in [-0.05, 0) is 35.2 Å². The van der Waals surface area contributed by atoms with Gasteiger partial charge in [0, 0.05) is 15.8 Å². The molecule has 0 aliphatic heterocycles. The zero-order valence-corrected chi connectivity index (χ0v) is 16.5. The Morgan fingerprint density at radius 3 is 2.38 bits per heavy atom. The van der Waals surface area contributed by atoms with Gasteiger partial charge in [0.05, 0.1) is 7.11 Å². The third-order valence-electron chi connectivity index (χ3n) is 3.97. The van der Waals surface area contributed by atoms with Crippen LogP contribution in [0.5, 0.6) is 5.75 Å². The number of allylic oxidation sites excluding steroid dienone is 1. The first-order valence-corrected chi connectivity index (χ1v) is 8.80. The standard InChI is InChI=1S/C21H23O4Si/c1-15(21(2,3)26)19(25-20(22)23-4)17-11-8-12-18(13-17)24-14-16-9-6-5-7-10-16/h5-13H,14H2,1-4H3. The molecule has 0 heterocycles. The van der Waals surface area contributed by atoms with Crippen molar-refractivity contribution in [3.63, 3.8) is 0 Å². The van der Waals surface area contributed by atoms with Crippen LogP contribution in [0.1, 0.15) is 31.9 Å². The number of rotatable bonds is 6. The molecule has 0 atom stereocenters. The van der Waals surface area contributed by atoms with Crippen molar-refractivity contribution in [1.82, 2.24) is 0 Å². The van der Waals surface area contributed by atoms with Crippen molar-refractivity contribution >= 4 is 22.2 Å². The third-order valence-corrected chi connectivity index (χ3v) is 4.35. The Kier molecular flexibility index (Phi) is 6.63. The van der Waals surface area contributed by atoms with E-state index in [2.05, 4.69) is 15.0 Å². The maximum atomic E-state index is 11.7. The van der Waals surface area contributed by atoms with E-state index in [0.29, 0.717) is 18.1 Å². The Hall–Kier alpha value is -2.53. The summed E-state index contributed by atoms with van der Waals surface area (Å²) in [7, 11) is 4.95. The molecule has 135 valence electrons. The van der Waals surface area contributed by atoms with Crippen molar-refractivity contribution in [3.05, 3.63) is 71.3 Å². The number of methoxy groups -OCH3 is 1. The van der Waals surface area contributed by atoms with Gasteiger partial charge < -0.3 is 14.2 Å². The van der Waals surface area contributed by atoms with Crippen LogP contribution in [0.4, 0.5) is 4.79 Å². The van der Waals surface area contributed by atoms with Gasteiger partial charge in [-0.25, -0.2) is 4.79 Å². The van der Waals surface area contributed by atoms with Gasteiger partial charge in [-0.3, -0.25) is 0 Å². The predicted molar refractivity (Wildman–Crippen MR) is 103 cm³/mol. The molecule has 0 aromatic heterocycles.